The molecule has 0 atom stereocenters. The lowest BCUT2D eigenvalue weighted by Gasteiger charge is -2.30. The summed E-state index contributed by atoms with van der Waals surface area (Å²) in [6, 6.07) is 5.91. The fraction of sp³-hybridized carbons (Fsp3) is 0.500. The quantitative estimate of drug-likeness (QED) is 0.523. The van der Waals surface area contributed by atoms with Gasteiger partial charge in [0.2, 0.25) is 5.91 Å². The second kappa shape index (κ2) is 6.07. The molecule has 0 saturated heterocycles. The van der Waals surface area contributed by atoms with Crippen LogP contribution >= 0.6 is 0 Å². The summed E-state index contributed by atoms with van der Waals surface area (Å²) in [5.74, 6) is 0.567. The molecule has 1 amide bonds. The topological polar surface area (TPSA) is 52.9 Å². The summed E-state index contributed by atoms with van der Waals surface area (Å²) in [5, 5.41) is 12.1. The van der Waals surface area contributed by atoms with Gasteiger partial charge in [-0.15, -0.1) is 0 Å². The molecule has 0 aromatic heterocycles. The lowest BCUT2D eigenvalue weighted by atomic mass is 9.97. The third-order valence-electron chi connectivity index (χ3n) is 3.65. The summed E-state index contributed by atoms with van der Waals surface area (Å²) in [6.45, 7) is 6.69. The lowest BCUT2D eigenvalue weighted by molar-refractivity contribution is -0.119. The maximum Gasteiger partial charge on any atom is 0.227 e. The molecule has 4 nitrogen and oxygen atoms in total. The van der Waals surface area contributed by atoms with Crippen molar-refractivity contribution in [2.24, 2.45) is 11.1 Å². The molecule has 1 heterocycles. The van der Waals surface area contributed by atoms with E-state index in [1.807, 2.05) is 23.1 Å². The van der Waals surface area contributed by atoms with Gasteiger partial charge in [0.25, 0.3) is 0 Å². The summed E-state index contributed by atoms with van der Waals surface area (Å²) in [7, 11) is 0. The first-order chi connectivity index (χ1) is 9.52. The van der Waals surface area contributed by atoms with Crippen LogP contribution in [0.2, 0.25) is 0 Å². The van der Waals surface area contributed by atoms with Crippen LogP contribution in [0.4, 0.5) is 5.69 Å². The lowest BCUT2D eigenvalue weighted by Crippen LogP contribution is -2.36. The molecule has 0 bridgehead atoms. The van der Waals surface area contributed by atoms with Crippen molar-refractivity contribution in [2.75, 3.05) is 11.4 Å². The van der Waals surface area contributed by atoms with Gasteiger partial charge in [-0.3, -0.25) is 4.79 Å². The van der Waals surface area contributed by atoms with Gasteiger partial charge >= 0.3 is 0 Å². The first-order valence-electron chi connectivity index (χ1n) is 7.15. The number of fused-ring (bicyclic) bond motifs is 1. The van der Waals surface area contributed by atoms with Gasteiger partial charge < -0.3 is 10.1 Å². The molecule has 1 aliphatic rings. The van der Waals surface area contributed by atoms with Gasteiger partial charge in [0.1, 0.15) is 0 Å². The number of aryl methyl sites for hydroxylation is 1. The Bertz CT molecular complexity index is 535. The van der Waals surface area contributed by atoms with E-state index >= 15 is 0 Å². The third-order valence-corrected chi connectivity index (χ3v) is 3.65. The fourth-order valence-corrected chi connectivity index (χ4v) is 2.60. The highest BCUT2D eigenvalue weighted by atomic mass is 16.4. The van der Waals surface area contributed by atoms with Crippen molar-refractivity contribution < 1.29 is 10.0 Å². The molecule has 0 aliphatic carbocycles. The summed E-state index contributed by atoms with van der Waals surface area (Å²) in [5.41, 5.74) is 3.67. The average Bonchev–Trinajstić information content (AvgIpc) is 2.44. The molecule has 2 rings (SSSR count). The van der Waals surface area contributed by atoms with E-state index < -0.39 is 0 Å². The summed E-state index contributed by atoms with van der Waals surface area (Å²) >= 11 is 0. The van der Waals surface area contributed by atoms with E-state index in [0.717, 1.165) is 36.2 Å². The zero-order valence-corrected chi connectivity index (χ0v) is 12.4. The number of rotatable bonds is 3. The van der Waals surface area contributed by atoms with Gasteiger partial charge in [-0.2, -0.15) is 0 Å². The number of nitrogens with zero attached hydrogens (tertiary/aromatic N) is 2. The van der Waals surface area contributed by atoms with Gasteiger partial charge in [-0.25, -0.2) is 0 Å². The Morgan fingerprint density at radius 3 is 2.85 bits per heavy atom. The maximum atomic E-state index is 12.3. The Kier molecular flexibility index (Phi) is 4.42. The Morgan fingerprint density at radius 1 is 1.45 bits per heavy atom. The number of oxime groups is 1. The monoisotopic (exact) mass is 274 g/mol. The molecule has 0 saturated carbocycles. The minimum atomic E-state index is 0.196. The highest BCUT2D eigenvalue weighted by Gasteiger charge is 2.23. The van der Waals surface area contributed by atoms with Gasteiger partial charge in [0, 0.05) is 18.7 Å². The number of benzene rings is 1. The Hall–Kier alpha value is -1.84. The SMILES string of the molecule is CC(=NO)c1ccc2c(c1)CCCN2C(=O)CC(C)C. The van der Waals surface area contributed by atoms with Crippen LogP contribution in [0.3, 0.4) is 0 Å². The van der Waals surface area contributed by atoms with Crippen LogP contribution < -0.4 is 4.90 Å². The highest BCUT2D eigenvalue weighted by Crippen LogP contribution is 2.29. The number of hydrogen-bond donors (Lipinski definition) is 1. The number of hydrogen-bond acceptors (Lipinski definition) is 3. The fourth-order valence-electron chi connectivity index (χ4n) is 2.60. The van der Waals surface area contributed by atoms with Crippen molar-refractivity contribution >= 4 is 17.3 Å². The molecule has 1 aromatic rings. The molecule has 0 radical (unpaired) electrons. The molecule has 1 N–H and O–H groups in total. The molecule has 108 valence electrons. The summed E-state index contributed by atoms with van der Waals surface area (Å²) in [6.07, 6.45) is 2.53. The third kappa shape index (κ3) is 3.00. The van der Waals surface area contributed by atoms with E-state index in [1.165, 1.54) is 0 Å². The number of anilines is 1. The molecule has 0 fully saturated rings. The van der Waals surface area contributed by atoms with Crippen molar-refractivity contribution in [2.45, 2.75) is 40.0 Å². The van der Waals surface area contributed by atoms with Crippen LogP contribution in [0.1, 0.15) is 44.7 Å². The maximum absolute atomic E-state index is 12.3. The first kappa shape index (κ1) is 14.6. The zero-order valence-electron chi connectivity index (χ0n) is 12.4. The van der Waals surface area contributed by atoms with E-state index in [9.17, 15) is 4.79 Å². The van der Waals surface area contributed by atoms with Crippen LogP contribution in [0.5, 0.6) is 0 Å². The standard InChI is InChI=1S/C16H22N2O2/c1-11(2)9-16(19)18-8-4-5-14-10-13(12(3)17-20)6-7-15(14)18/h6-7,10-11,20H,4-5,8-9H2,1-3H3. The van der Waals surface area contributed by atoms with Crippen molar-refractivity contribution in [1.29, 1.82) is 0 Å². The van der Waals surface area contributed by atoms with Gasteiger partial charge in [0.05, 0.1) is 5.71 Å². The van der Waals surface area contributed by atoms with E-state index in [4.69, 9.17) is 5.21 Å². The van der Waals surface area contributed by atoms with Crippen molar-refractivity contribution in [3.63, 3.8) is 0 Å². The molecular formula is C16H22N2O2. The summed E-state index contributed by atoms with van der Waals surface area (Å²) < 4.78 is 0. The van der Waals surface area contributed by atoms with E-state index in [2.05, 4.69) is 19.0 Å². The van der Waals surface area contributed by atoms with Crippen LogP contribution in [0.15, 0.2) is 23.4 Å². The van der Waals surface area contributed by atoms with E-state index in [0.29, 0.717) is 18.1 Å². The van der Waals surface area contributed by atoms with Crippen molar-refractivity contribution in [1.82, 2.24) is 0 Å². The molecule has 1 aromatic carbocycles. The van der Waals surface area contributed by atoms with Gasteiger partial charge in [-0.05, 0) is 48.9 Å². The van der Waals surface area contributed by atoms with Crippen LogP contribution in [-0.2, 0) is 11.2 Å². The molecule has 20 heavy (non-hydrogen) atoms. The second-order valence-electron chi connectivity index (χ2n) is 5.78. The molecule has 4 heteroatoms. The van der Waals surface area contributed by atoms with Gasteiger partial charge in [0.15, 0.2) is 0 Å². The van der Waals surface area contributed by atoms with E-state index in [-0.39, 0.29) is 5.91 Å². The summed E-state index contributed by atoms with van der Waals surface area (Å²) in [4.78, 5) is 14.2. The number of amides is 1. The number of carbonyl (C=O) groups excluding carboxylic acids is 1. The second-order valence-corrected chi connectivity index (χ2v) is 5.78. The molecule has 0 spiro atoms. The smallest absolute Gasteiger partial charge is 0.227 e. The van der Waals surface area contributed by atoms with Crippen LogP contribution in [-0.4, -0.2) is 23.4 Å². The Labute approximate surface area is 120 Å². The minimum absolute atomic E-state index is 0.196. The van der Waals surface area contributed by atoms with Crippen molar-refractivity contribution in [3.8, 4) is 0 Å². The molecular weight excluding hydrogens is 252 g/mol. The Morgan fingerprint density at radius 2 is 2.20 bits per heavy atom. The predicted molar refractivity (Wildman–Crippen MR) is 80.6 cm³/mol. The van der Waals surface area contributed by atoms with E-state index in [1.54, 1.807) is 6.92 Å². The average molecular weight is 274 g/mol. The predicted octanol–water partition coefficient (Wildman–Crippen LogP) is 3.21. The largest absolute Gasteiger partial charge is 0.411 e. The number of carbonyl (C=O) groups is 1. The normalized spacial score (nSPS) is 15.4. The van der Waals surface area contributed by atoms with Crippen molar-refractivity contribution in [3.05, 3.63) is 29.3 Å². The van der Waals surface area contributed by atoms with Gasteiger partial charge in [-0.1, -0.05) is 25.1 Å². The minimum Gasteiger partial charge on any atom is -0.411 e. The zero-order chi connectivity index (χ0) is 14.7. The highest BCUT2D eigenvalue weighted by molar-refractivity contribution is 6.00. The molecule has 0 unspecified atom stereocenters. The first-order valence-corrected chi connectivity index (χ1v) is 7.15. The van der Waals surface area contributed by atoms with Crippen LogP contribution in [0.25, 0.3) is 0 Å². The Balaban J connectivity index is 2.30. The van der Waals surface area contributed by atoms with Crippen LogP contribution in [0, 0.1) is 5.92 Å². The molecule has 1 aliphatic heterocycles.